The molecule has 2 heterocycles. The first-order valence-corrected chi connectivity index (χ1v) is 7.63. The van der Waals surface area contributed by atoms with E-state index in [2.05, 4.69) is 0 Å². The van der Waals surface area contributed by atoms with Gasteiger partial charge in [0.15, 0.2) is 11.6 Å². The molecular formula is C14H11NO2S2. The minimum atomic E-state index is -0.111. The smallest absolute Gasteiger partial charge is 0.195 e. The zero-order valence-corrected chi connectivity index (χ0v) is 11.6. The maximum atomic E-state index is 12.5. The van der Waals surface area contributed by atoms with E-state index in [1.54, 1.807) is 17.8 Å². The number of benzene rings is 1. The average Bonchev–Trinajstić information content (AvgIpc) is 2.83. The topological polar surface area (TPSA) is 60.2 Å². The highest BCUT2D eigenvalue weighted by atomic mass is 32.2. The number of hydrogen-bond acceptors (Lipinski definition) is 5. The van der Waals surface area contributed by atoms with E-state index in [1.165, 1.54) is 11.3 Å². The lowest BCUT2D eigenvalue weighted by Gasteiger charge is -2.02. The van der Waals surface area contributed by atoms with Crippen molar-refractivity contribution in [3.63, 3.8) is 0 Å². The van der Waals surface area contributed by atoms with Crippen LogP contribution in [0, 0.1) is 0 Å². The third-order valence-corrected chi connectivity index (χ3v) is 5.54. The molecule has 0 saturated carbocycles. The Morgan fingerprint density at radius 3 is 2.84 bits per heavy atom. The average molecular weight is 289 g/mol. The summed E-state index contributed by atoms with van der Waals surface area (Å²) in [4.78, 5) is 24.7. The lowest BCUT2D eigenvalue weighted by Crippen LogP contribution is -2.12. The van der Waals surface area contributed by atoms with Crippen molar-refractivity contribution < 1.29 is 9.59 Å². The van der Waals surface area contributed by atoms with Crippen molar-refractivity contribution in [1.82, 2.24) is 0 Å². The summed E-state index contributed by atoms with van der Waals surface area (Å²) in [6.07, 6.45) is 0. The van der Waals surface area contributed by atoms with E-state index in [4.69, 9.17) is 5.73 Å². The van der Waals surface area contributed by atoms with Crippen LogP contribution in [-0.4, -0.2) is 18.1 Å². The maximum absolute atomic E-state index is 12.5. The molecule has 0 amide bonds. The van der Waals surface area contributed by atoms with E-state index in [0.29, 0.717) is 10.4 Å². The van der Waals surface area contributed by atoms with Crippen LogP contribution in [0.15, 0.2) is 34.5 Å². The molecular weight excluding hydrogens is 278 g/mol. The molecule has 3 nitrogen and oxygen atoms in total. The molecule has 19 heavy (non-hydrogen) atoms. The molecule has 5 heteroatoms. The van der Waals surface area contributed by atoms with Gasteiger partial charge in [0, 0.05) is 16.9 Å². The Morgan fingerprint density at radius 1 is 1.26 bits per heavy atom. The lowest BCUT2D eigenvalue weighted by atomic mass is 10.0. The number of carbonyl (C=O) groups is 2. The zero-order valence-electron chi connectivity index (χ0n) is 10.0. The SMILES string of the molecule is NCC(=O)c1cc2c(s1)SCc1ccccc1C2=O. The molecule has 1 aliphatic heterocycles. The standard InChI is InChI=1S/C14H11NO2S2/c15-6-11(16)12-5-10-13(17)9-4-2-1-3-8(9)7-18-14(10)19-12/h1-5H,6-7,15H2. The number of Topliss-reactive ketones (excluding diaryl/α,β-unsaturated/α-hetero) is 1. The van der Waals surface area contributed by atoms with Crippen LogP contribution in [0.4, 0.5) is 0 Å². The van der Waals surface area contributed by atoms with Crippen molar-refractivity contribution in [1.29, 1.82) is 0 Å². The van der Waals surface area contributed by atoms with Gasteiger partial charge in [0.2, 0.25) is 0 Å². The molecule has 3 rings (SSSR count). The van der Waals surface area contributed by atoms with Gasteiger partial charge in [-0.1, -0.05) is 24.3 Å². The number of carbonyl (C=O) groups excluding carboxylic acids is 2. The fraction of sp³-hybridized carbons (Fsp3) is 0.143. The van der Waals surface area contributed by atoms with E-state index in [-0.39, 0.29) is 18.1 Å². The number of thioether (sulfide) groups is 1. The van der Waals surface area contributed by atoms with Gasteiger partial charge in [-0.25, -0.2) is 0 Å². The number of ketones is 2. The van der Waals surface area contributed by atoms with Gasteiger partial charge in [-0.3, -0.25) is 9.59 Å². The first kappa shape index (κ1) is 12.6. The zero-order chi connectivity index (χ0) is 13.4. The number of hydrogen-bond donors (Lipinski definition) is 1. The van der Waals surface area contributed by atoms with E-state index < -0.39 is 0 Å². The second-order valence-electron chi connectivity index (χ2n) is 4.21. The van der Waals surface area contributed by atoms with Crippen LogP contribution in [0.1, 0.15) is 31.2 Å². The summed E-state index contributed by atoms with van der Waals surface area (Å²) >= 11 is 2.98. The van der Waals surface area contributed by atoms with Crippen LogP contribution in [0.3, 0.4) is 0 Å². The number of fused-ring (bicyclic) bond motifs is 2. The van der Waals surface area contributed by atoms with Gasteiger partial charge in [0.25, 0.3) is 0 Å². The molecule has 1 aliphatic rings. The van der Waals surface area contributed by atoms with Gasteiger partial charge in [0.05, 0.1) is 15.6 Å². The molecule has 0 atom stereocenters. The molecule has 2 N–H and O–H groups in total. The van der Waals surface area contributed by atoms with Crippen molar-refractivity contribution in [2.24, 2.45) is 5.73 Å². The normalized spacial score (nSPS) is 13.6. The fourth-order valence-electron chi connectivity index (χ4n) is 2.03. The highest BCUT2D eigenvalue weighted by molar-refractivity contribution is 8.00. The Morgan fingerprint density at radius 2 is 2.05 bits per heavy atom. The first-order valence-electron chi connectivity index (χ1n) is 5.83. The summed E-state index contributed by atoms with van der Waals surface area (Å²) in [5.41, 5.74) is 7.79. The van der Waals surface area contributed by atoms with E-state index in [1.807, 2.05) is 24.3 Å². The monoisotopic (exact) mass is 289 g/mol. The first-order chi connectivity index (χ1) is 9.20. The number of rotatable bonds is 2. The molecule has 1 aromatic heterocycles. The van der Waals surface area contributed by atoms with Crippen molar-refractivity contribution in [2.75, 3.05) is 6.54 Å². The largest absolute Gasteiger partial charge is 0.324 e. The summed E-state index contributed by atoms with van der Waals surface area (Å²) in [5, 5.41) is 0. The third kappa shape index (κ3) is 2.14. The molecule has 2 aromatic rings. The van der Waals surface area contributed by atoms with Gasteiger partial charge < -0.3 is 5.73 Å². The molecule has 0 saturated heterocycles. The highest BCUT2D eigenvalue weighted by Crippen LogP contribution is 2.39. The molecule has 96 valence electrons. The number of nitrogens with two attached hydrogens (primary N) is 1. The maximum Gasteiger partial charge on any atom is 0.195 e. The van der Waals surface area contributed by atoms with Gasteiger partial charge in [-0.2, -0.15) is 0 Å². The van der Waals surface area contributed by atoms with Crippen molar-refractivity contribution in [3.05, 3.63) is 51.9 Å². The molecule has 0 unspecified atom stereocenters. The molecule has 0 radical (unpaired) electrons. The summed E-state index contributed by atoms with van der Waals surface area (Å²) in [7, 11) is 0. The van der Waals surface area contributed by atoms with E-state index >= 15 is 0 Å². The van der Waals surface area contributed by atoms with Crippen LogP contribution in [0.25, 0.3) is 0 Å². The van der Waals surface area contributed by atoms with Gasteiger partial charge in [0.1, 0.15) is 0 Å². The summed E-state index contributed by atoms with van der Waals surface area (Å²) < 4.78 is 0.915. The molecule has 0 bridgehead atoms. The Balaban J connectivity index is 2.10. The van der Waals surface area contributed by atoms with Crippen molar-refractivity contribution >= 4 is 34.7 Å². The van der Waals surface area contributed by atoms with Gasteiger partial charge in [-0.05, 0) is 11.6 Å². The molecule has 0 spiro atoms. The fourth-order valence-corrected chi connectivity index (χ4v) is 4.40. The van der Waals surface area contributed by atoms with Gasteiger partial charge in [-0.15, -0.1) is 23.1 Å². The summed E-state index contributed by atoms with van der Waals surface area (Å²) in [6.45, 7) is -0.0190. The minimum absolute atomic E-state index is 0.00271. The summed E-state index contributed by atoms with van der Waals surface area (Å²) in [5.74, 6) is 0.647. The second kappa shape index (κ2) is 4.92. The van der Waals surface area contributed by atoms with Crippen LogP contribution >= 0.6 is 23.1 Å². The van der Waals surface area contributed by atoms with Crippen LogP contribution in [0.5, 0.6) is 0 Å². The second-order valence-corrected chi connectivity index (χ2v) is 6.51. The van der Waals surface area contributed by atoms with E-state index in [9.17, 15) is 9.59 Å². The Hall–Kier alpha value is -1.43. The van der Waals surface area contributed by atoms with Crippen LogP contribution in [0.2, 0.25) is 0 Å². The lowest BCUT2D eigenvalue weighted by molar-refractivity contribution is 0.100. The molecule has 0 fully saturated rings. The molecule has 1 aromatic carbocycles. The van der Waals surface area contributed by atoms with Crippen LogP contribution < -0.4 is 5.73 Å². The Labute approximate surface area is 118 Å². The highest BCUT2D eigenvalue weighted by Gasteiger charge is 2.25. The van der Waals surface area contributed by atoms with Crippen molar-refractivity contribution in [2.45, 2.75) is 9.96 Å². The Kier molecular flexibility index (Phi) is 3.26. The Bertz CT molecular complexity index is 676. The predicted octanol–water partition coefficient (Wildman–Crippen LogP) is 2.73. The predicted molar refractivity (Wildman–Crippen MR) is 77.1 cm³/mol. The third-order valence-electron chi connectivity index (χ3n) is 3.02. The van der Waals surface area contributed by atoms with E-state index in [0.717, 1.165) is 21.1 Å². The molecule has 0 aliphatic carbocycles. The van der Waals surface area contributed by atoms with Gasteiger partial charge >= 0.3 is 0 Å². The number of thiophene rings is 1. The summed E-state index contributed by atoms with van der Waals surface area (Å²) in [6, 6.07) is 9.31. The van der Waals surface area contributed by atoms with Crippen molar-refractivity contribution in [3.8, 4) is 0 Å². The van der Waals surface area contributed by atoms with Crippen LogP contribution in [-0.2, 0) is 5.75 Å². The quantitative estimate of drug-likeness (QED) is 0.864. The minimum Gasteiger partial charge on any atom is -0.324 e.